The summed E-state index contributed by atoms with van der Waals surface area (Å²) in [5.41, 5.74) is 0. The van der Waals surface area contributed by atoms with Gasteiger partial charge in [0.1, 0.15) is 0 Å². The SMILES string of the molecule is CCc1noc(CSc2nccn2CC)n1. The minimum absolute atomic E-state index is 0.660. The first-order valence-electron chi connectivity index (χ1n) is 5.28. The number of hydrogen-bond acceptors (Lipinski definition) is 5. The lowest BCUT2D eigenvalue weighted by Gasteiger charge is -2.01. The van der Waals surface area contributed by atoms with Crippen LogP contribution in [-0.4, -0.2) is 19.7 Å². The zero-order valence-corrected chi connectivity index (χ0v) is 10.2. The second kappa shape index (κ2) is 5.16. The van der Waals surface area contributed by atoms with Gasteiger partial charge in [0.05, 0.1) is 5.75 Å². The Kier molecular flexibility index (Phi) is 3.61. The molecular formula is C10H14N4OS. The molecule has 0 aliphatic carbocycles. The van der Waals surface area contributed by atoms with E-state index in [0.29, 0.717) is 11.6 Å². The minimum atomic E-state index is 0.660. The van der Waals surface area contributed by atoms with Crippen LogP contribution < -0.4 is 0 Å². The van der Waals surface area contributed by atoms with E-state index in [-0.39, 0.29) is 0 Å². The second-order valence-corrected chi connectivity index (χ2v) is 4.18. The molecule has 0 saturated heterocycles. The van der Waals surface area contributed by atoms with Crippen molar-refractivity contribution in [2.75, 3.05) is 0 Å². The van der Waals surface area contributed by atoms with Crippen molar-refractivity contribution in [3.05, 3.63) is 24.1 Å². The van der Waals surface area contributed by atoms with E-state index in [1.807, 2.05) is 13.1 Å². The topological polar surface area (TPSA) is 56.7 Å². The fraction of sp³-hybridized carbons (Fsp3) is 0.500. The van der Waals surface area contributed by atoms with Crippen molar-refractivity contribution >= 4 is 11.8 Å². The number of aromatic nitrogens is 4. The molecule has 0 radical (unpaired) electrons. The van der Waals surface area contributed by atoms with E-state index < -0.39 is 0 Å². The van der Waals surface area contributed by atoms with Gasteiger partial charge in [0.25, 0.3) is 0 Å². The summed E-state index contributed by atoms with van der Waals surface area (Å²) in [4.78, 5) is 8.51. The average Bonchev–Trinajstić information content (AvgIpc) is 2.94. The number of thioether (sulfide) groups is 1. The molecule has 2 heterocycles. The lowest BCUT2D eigenvalue weighted by molar-refractivity contribution is 0.385. The number of aryl methyl sites for hydroxylation is 2. The first kappa shape index (κ1) is 11.2. The molecule has 0 bridgehead atoms. The summed E-state index contributed by atoms with van der Waals surface area (Å²) in [6.07, 6.45) is 4.57. The van der Waals surface area contributed by atoms with E-state index in [0.717, 1.165) is 23.9 Å². The van der Waals surface area contributed by atoms with Crippen LogP contribution in [0.2, 0.25) is 0 Å². The summed E-state index contributed by atoms with van der Waals surface area (Å²) in [6.45, 7) is 5.02. The molecule has 2 aromatic rings. The van der Waals surface area contributed by atoms with Gasteiger partial charge in [-0.05, 0) is 6.92 Å². The summed E-state index contributed by atoms with van der Waals surface area (Å²) >= 11 is 1.61. The summed E-state index contributed by atoms with van der Waals surface area (Å²) in [5, 5.41) is 4.84. The van der Waals surface area contributed by atoms with Gasteiger partial charge in [-0.3, -0.25) is 0 Å². The maximum absolute atomic E-state index is 5.11. The molecule has 0 spiro atoms. The fourth-order valence-corrected chi connectivity index (χ4v) is 2.16. The maximum atomic E-state index is 5.11. The molecule has 0 N–H and O–H groups in total. The van der Waals surface area contributed by atoms with Gasteiger partial charge in [0.15, 0.2) is 11.0 Å². The molecule has 2 rings (SSSR count). The van der Waals surface area contributed by atoms with Crippen molar-refractivity contribution in [2.45, 2.75) is 37.7 Å². The van der Waals surface area contributed by atoms with Gasteiger partial charge in [-0.15, -0.1) is 0 Å². The summed E-state index contributed by atoms with van der Waals surface area (Å²) in [7, 11) is 0. The Balaban J connectivity index is 1.96. The highest BCUT2D eigenvalue weighted by molar-refractivity contribution is 7.98. The average molecular weight is 238 g/mol. The summed E-state index contributed by atoms with van der Waals surface area (Å²) < 4.78 is 7.19. The van der Waals surface area contributed by atoms with E-state index in [9.17, 15) is 0 Å². The predicted molar refractivity (Wildman–Crippen MR) is 61.1 cm³/mol. The van der Waals surface area contributed by atoms with Gasteiger partial charge < -0.3 is 9.09 Å². The second-order valence-electron chi connectivity index (χ2n) is 3.24. The van der Waals surface area contributed by atoms with Crippen LogP contribution >= 0.6 is 11.8 Å². The smallest absolute Gasteiger partial charge is 0.237 e. The van der Waals surface area contributed by atoms with Gasteiger partial charge in [-0.25, -0.2) is 4.98 Å². The van der Waals surface area contributed by atoms with E-state index in [1.165, 1.54) is 0 Å². The van der Waals surface area contributed by atoms with Crippen LogP contribution in [-0.2, 0) is 18.7 Å². The van der Waals surface area contributed by atoms with Crippen molar-refractivity contribution in [2.24, 2.45) is 0 Å². The Hall–Kier alpha value is -1.30. The lowest BCUT2D eigenvalue weighted by Crippen LogP contribution is -1.94. The van der Waals surface area contributed by atoms with Crippen LogP contribution in [0.5, 0.6) is 0 Å². The quantitative estimate of drug-likeness (QED) is 0.747. The van der Waals surface area contributed by atoms with Gasteiger partial charge in [0, 0.05) is 25.4 Å². The van der Waals surface area contributed by atoms with Gasteiger partial charge in [0.2, 0.25) is 5.89 Å². The van der Waals surface area contributed by atoms with Gasteiger partial charge >= 0.3 is 0 Å². The third kappa shape index (κ3) is 2.44. The molecule has 2 aromatic heterocycles. The number of imidazole rings is 1. The van der Waals surface area contributed by atoms with Crippen molar-refractivity contribution in [1.29, 1.82) is 0 Å². The molecule has 0 fully saturated rings. The van der Waals surface area contributed by atoms with Crippen molar-refractivity contribution in [3.63, 3.8) is 0 Å². The monoisotopic (exact) mass is 238 g/mol. The highest BCUT2D eigenvalue weighted by Crippen LogP contribution is 2.20. The van der Waals surface area contributed by atoms with Crippen LogP contribution in [0, 0.1) is 0 Å². The predicted octanol–water partition coefficient (Wildman–Crippen LogP) is 2.14. The Morgan fingerprint density at radius 1 is 1.44 bits per heavy atom. The van der Waals surface area contributed by atoms with Gasteiger partial charge in [-0.2, -0.15) is 4.98 Å². The zero-order valence-electron chi connectivity index (χ0n) is 9.38. The first-order chi connectivity index (χ1) is 7.83. The number of hydrogen-bond donors (Lipinski definition) is 0. The minimum Gasteiger partial charge on any atom is -0.338 e. The largest absolute Gasteiger partial charge is 0.338 e. The third-order valence-corrected chi connectivity index (χ3v) is 3.16. The highest BCUT2D eigenvalue weighted by atomic mass is 32.2. The van der Waals surface area contributed by atoms with Crippen molar-refractivity contribution < 1.29 is 4.52 Å². The molecule has 6 heteroatoms. The van der Waals surface area contributed by atoms with Crippen LogP contribution in [0.4, 0.5) is 0 Å². The van der Waals surface area contributed by atoms with Crippen LogP contribution in [0.15, 0.2) is 22.1 Å². The Morgan fingerprint density at radius 2 is 2.31 bits per heavy atom. The number of nitrogens with zero attached hydrogens (tertiary/aromatic N) is 4. The molecule has 0 atom stereocenters. The van der Waals surface area contributed by atoms with E-state index in [4.69, 9.17) is 4.52 Å². The van der Waals surface area contributed by atoms with E-state index in [2.05, 4.69) is 26.6 Å². The summed E-state index contributed by atoms with van der Waals surface area (Å²) in [6, 6.07) is 0. The molecule has 0 aromatic carbocycles. The molecule has 86 valence electrons. The van der Waals surface area contributed by atoms with Crippen molar-refractivity contribution in [1.82, 2.24) is 19.7 Å². The van der Waals surface area contributed by atoms with E-state index in [1.54, 1.807) is 18.0 Å². The standard InChI is InChI=1S/C10H14N4OS/c1-3-8-12-9(15-13-8)7-16-10-11-5-6-14(10)4-2/h5-6H,3-4,7H2,1-2H3. The lowest BCUT2D eigenvalue weighted by atomic mass is 10.5. The third-order valence-electron chi connectivity index (χ3n) is 2.17. The Labute approximate surface area is 98.3 Å². The van der Waals surface area contributed by atoms with Crippen molar-refractivity contribution in [3.8, 4) is 0 Å². The molecule has 0 aliphatic heterocycles. The normalized spacial score (nSPS) is 10.9. The maximum Gasteiger partial charge on any atom is 0.237 e. The molecule has 0 saturated carbocycles. The molecule has 0 unspecified atom stereocenters. The molecule has 16 heavy (non-hydrogen) atoms. The van der Waals surface area contributed by atoms with E-state index >= 15 is 0 Å². The van der Waals surface area contributed by atoms with Gasteiger partial charge in [-0.1, -0.05) is 23.8 Å². The highest BCUT2D eigenvalue weighted by Gasteiger charge is 2.07. The molecule has 0 aliphatic rings. The fourth-order valence-electron chi connectivity index (χ4n) is 1.30. The molecule has 5 nitrogen and oxygen atoms in total. The van der Waals surface area contributed by atoms with Crippen LogP contribution in [0.1, 0.15) is 25.6 Å². The summed E-state index contributed by atoms with van der Waals surface area (Å²) in [5.74, 6) is 2.09. The molecular weight excluding hydrogens is 224 g/mol. The Morgan fingerprint density at radius 3 is 3.00 bits per heavy atom. The zero-order chi connectivity index (χ0) is 11.4. The number of rotatable bonds is 5. The van der Waals surface area contributed by atoms with Crippen LogP contribution in [0.3, 0.4) is 0 Å². The van der Waals surface area contributed by atoms with Crippen LogP contribution in [0.25, 0.3) is 0 Å². The molecule has 0 amide bonds. The Bertz CT molecular complexity index is 451. The first-order valence-corrected chi connectivity index (χ1v) is 6.27.